The van der Waals surface area contributed by atoms with Gasteiger partial charge in [-0.1, -0.05) is 6.07 Å². The number of piperazine rings is 1. The molecule has 25 heavy (non-hydrogen) atoms. The molecule has 0 unspecified atom stereocenters. The monoisotopic (exact) mass is 355 g/mol. The van der Waals surface area contributed by atoms with Gasteiger partial charge in [0.2, 0.25) is 5.91 Å². The third-order valence-electron chi connectivity index (χ3n) is 5.22. The number of hydrogen-bond donors (Lipinski definition) is 0. The molecule has 1 aromatic heterocycles. The molecule has 2 fully saturated rings. The number of hydrogen-bond acceptors (Lipinski definition) is 4. The average Bonchev–Trinajstić information content (AvgIpc) is 3.36. The van der Waals surface area contributed by atoms with Crippen molar-refractivity contribution in [1.82, 2.24) is 4.90 Å². The van der Waals surface area contributed by atoms with E-state index in [9.17, 15) is 4.79 Å². The Kier molecular flexibility index (Phi) is 4.92. The lowest BCUT2D eigenvalue weighted by atomic mass is 10.2. The van der Waals surface area contributed by atoms with Crippen molar-refractivity contribution in [1.29, 1.82) is 0 Å². The van der Waals surface area contributed by atoms with E-state index in [1.54, 1.807) is 11.3 Å². The summed E-state index contributed by atoms with van der Waals surface area (Å²) in [6.45, 7) is 5.84. The molecule has 0 atom stereocenters. The van der Waals surface area contributed by atoms with Crippen molar-refractivity contribution in [3.8, 4) is 0 Å². The maximum atomic E-state index is 12.4. The highest BCUT2D eigenvalue weighted by molar-refractivity contribution is 7.10. The quantitative estimate of drug-likeness (QED) is 0.842. The molecule has 2 aliphatic rings. The van der Waals surface area contributed by atoms with Gasteiger partial charge in [0.1, 0.15) is 0 Å². The Morgan fingerprint density at radius 2 is 1.44 bits per heavy atom. The Balaban J connectivity index is 1.31. The predicted octanol–water partition coefficient (Wildman–Crippen LogP) is 3.24. The first-order valence-corrected chi connectivity index (χ1v) is 10.1. The number of carbonyl (C=O) groups excluding carboxylic acids is 1. The van der Waals surface area contributed by atoms with Crippen LogP contribution in [0.2, 0.25) is 0 Å². The first kappa shape index (κ1) is 16.5. The minimum atomic E-state index is 0.256. The highest BCUT2D eigenvalue weighted by Crippen LogP contribution is 2.24. The molecule has 132 valence electrons. The Hall–Kier alpha value is -2.01. The van der Waals surface area contributed by atoms with E-state index in [4.69, 9.17) is 0 Å². The van der Waals surface area contributed by atoms with E-state index in [-0.39, 0.29) is 5.91 Å². The van der Waals surface area contributed by atoms with Crippen LogP contribution in [0.4, 0.5) is 11.4 Å². The molecule has 5 heteroatoms. The first-order valence-electron chi connectivity index (χ1n) is 9.20. The SMILES string of the molecule is O=C(Cc1cccs1)N1CCN(c2ccc(N3CCCC3)cc2)CC1. The number of amides is 1. The summed E-state index contributed by atoms with van der Waals surface area (Å²) in [4.78, 5) is 20.4. The highest BCUT2D eigenvalue weighted by atomic mass is 32.1. The summed E-state index contributed by atoms with van der Waals surface area (Å²) in [5.74, 6) is 0.256. The number of thiophene rings is 1. The molecule has 2 aromatic rings. The summed E-state index contributed by atoms with van der Waals surface area (Å²) < 4.78 is 0. The van der Waals surface area contributed by atoms with Crippen LogP contribution in [0, 0.1) is 0 Å². The largest absolute Gasteiger partial charge is 0.372 e. The fourth-order valence-corrected chi connectivity index (χ4v) is 4.43. The molecule has 0 N–H and O–H groups in total. The van der Waals surface area contributed by atoms with Crippen molar-refractivity contribution >= 4 is 28.6 Å². The van der Waals surface area contributed by atoms with E-state index >= 15 is 0 Å². The maximum Gasteiger partial charge on any atom is 0.227 e. The van der Waals surface area contributed by atoms with Crippen LogP contribution in [0.25, 0.3) is 0 Å². The Bertz CT molecular complexity index is 684. The highest BCUT2D eigenvalue weighted by Gasteiger charge is 2.22. The minimum Gasteiger partial charge on any atom is -0.372 e. The second-order valence-electron chi connectivity index (χ2n) is 6.83. The van der Waals surface area contributed by atoms with Crippen LogP contribution >= 0.6 is 11.3 Å². The Morgan fingerprint density at radius 3 is 2.00 bits per heavy atom. The van der Waals surface area contributed by atoms with Gasteiger partial charge in [0.05, 0.1) is 6.42 Å². The molecule has 4 nitrogen and oxygen atoms in total. The average molecular weight is 356 g/mol. The fraction of sp³-hybridized carbons (Fsp3) is 0.450. The van der Waals surface area contributed by atoms with Crippen molar-refractivity contribution in [3.05, 3.63) is 46.7 Å². The Labute approximate surface area is 153 Å². The lowest BCUT2D eigenvalue weighted by molar-refractivity contribution is -0.130. The molecule has 2 aliphatic heterocycles. The molecule has 0 spiro atoms. The van der Waals surface area contributed by atoms with Gasteiger partial charge in [-0.05, 0) is 48.6 Å². The van der Waals surface area contributed by atoms with Crippen LogP contribution in [-0.2, 0) is 11.2 Å². The number of benzene rings is 1. The number of anilines is 2. The van der Waals surface area contributed by atoms with Gasteiger partial charge in [-0.3, -0.25) is 4.79 Å². The van der Waals surface area contributed by atoms with E-state index in [2.05, 4.69) is 34.1 Å². The summed E-state index contributed by atoms with van der Waals surface area (Å²) in [5.41, 5.74) is 2.61. The Morgan fingerprint density at radius 1 is 0.840 bits per heavy atom. The van der Waals surface area contributed by atoms with E-state index in [0.717, 1.165) is 31.1 Å². The molecule has 3 heterocycles. The molecule has 0 bridgehead atoms. The lowest BCUT2D eigenvalue weighted by Crippen LogP contribution is -2.49. The molecular formula is C20H25N3OS. The zero-order valence-corrected chi connectivity index (χ0v) is 15.4. The van der Waals surface area contributed by atoms with E-state index in [0.29, 0.717) is 6.42 Å². The zero-order chi connectivity index (χ0) is 17.1. The second-order valence-corrected chi connectivity index (χ2v) is 7.87. The van der Waals surface area contributed by atoms with Crippen molar-refractivity contribution in [2.24, 2.45) is 0 Å². The van der Waals surface area contributed by atoms with Crippen LogP contribution in [0.5, 0.6) is 0 Å². The molecule has 0 radical (unpaired) electrons. The molecule has 0 saturated carbocycles. The van der Waals surface area contributed by atoms with Gasteiger partial charge in [-0.25, -0.2) is 0 Å². The lowest BCUT2D eigenvalue weighted by Gasteiger charge is -2.36. The summed E-state index contributed by atoms with van der Waals surface area (Å²) in [7, 11) is 0. The summed E-state index contributed by atoms with van der Waals surface area (Å²) in [6.07, 6.45) is 3.16. The van der Waals surface area contributed by atoms with Gasteiger partial charge >= 0.3 is 0 Å². The van der Waals surface area contributed by atoms with Gasteiger partial charge in [0.25, 0.3) is 0 Å². The van der Waals surface area contributed by atoms with Crippen LogP contribution in [0.1, 0.15) is 17.7 Å². The van der Waals surface area contributed by atoms with E-state index in [1.807, 2.05) is 22.4 Å². The molecular weight excluding hydrogens is 330 g/mol. The second kappa shape index (κ2) is 7.48. The predicted molar refractivity (Wildman–Crippen MR) is 105 cm³/mol. The van der Waals surface area contributed by atoms with Crippen LogP contribution in [0.15, 0.2) is 41.8 Å². The third-order valence-corrected chi connectivity index (χ3v) is 6.10. The van der Waals surface area contributed by atoms with Crippen molar-refractivity contribution < 1.29 is 4.79 Å². The van der Waals surface area contributed by atoms with Gasteiger partial charge in [0.15, 0.2) is 0 Å². The van der Waals surface area contributed by atoms with Gasteiger partial charge in [-0.15, -0.1) is 11.3 Å². The van der Waals surface area contributed by atoms with Crippen LogP contribution in [-0.4, -0.2) is 50.1 Å². The van der Waals surface area contributed by atoms with Crippen molar-refractivity contribution in [3.63, 3.8) is 0 Å². The molecule has 4 rings (SSSR count). The number of carbonyl (C=O) groups is 1. The zero-order valence-electron chi connectivity index (χ0n) is 14.6. The maximum absolute atomic E-state index is 12.4. The fourth-order valence-electron chi connectivity index (χ4n) is 3.74. The van der Waals surface area contributed by atoms with Crippen molar-refractivity contribution in [2.75, 3.05) is 49.1 Å². The normalized spacial score (nSPS) is 18.0. The number of rotatable bonds is 4. The standard InChI is InChI=1S/C20H25N3OS/c24-20(16-19-4-3-15-25-19)23-13-11-22(12-14-23)18-7-5-17(6-8-18)21-9-1-2-10-21/h3-8,15H,1-2,9-14,16H2. The van der Waals surface area contributed by atoms with E-state index in [1.165, 1.54) is 37.3 Å². The van der Waals surface area contributed by atoms with Crippen LogP contribution < -0.4 is 9.80 Å². The minimum absolute atomic E-state index is 0.256. The topological polar surface area (TPSA) is 26.8 Å². The summed E-state index contributed by atoms with van der Waals surface area (Å²) in [6, 6.07) is 13.0. The summed E-state index contributed by atoms with van der Waals surface area (Å²) >= 11 is 1.66. The molecule has 1 amide bonds. The van der Waals surface area contributed by atoms with Gasteiger partial charge < -0.3 is 14.7 Å². The summed E-state index contributed by atoms with van der Waals surface area (Å²) in [5, 5.41) is 2.03. The molecule has 0 aliphatic carbocycles. The van der Waals surface area contributed by atoms with Gasteiger partial charge in [0, 0.05) is 55.5 Å². The van der Waals surface area contributed by atoms with E-state index < -0.39 is 0 Å². The molecule has 2 saturated heterocycles. The van der Waals surface area contributed by atoms with Gasteiger partial charge in [-0.2, -0.15) is 0 Å². The third kappa shape index (κ3) is 3.82. The van der Waals surface area contributed by atoms with Crippen molar-refractivity contribution in [2.45, 2.75) is 19.3 Å². The van der Waals surface area contributed by atoms with Crippen LogP contribution in [0.3, 0.4) is 0 Å². The number of nitrogens with zero attached hydrogens (tertiary/aromatic N) is 3. The first-order chi connectivity index (χ1) is 12.3. The molecule has 1 aromatic carbocycles. The smallest absolute Gasteiger partial charge is 0.227 e.